The molecule has 0 aliphatic carbocycles. The van der Waals surface area contributed by atoms with Gasteiger partial charge in [-0.1, -0.05) is 34.5 Å². The van der Waals surface area contributed by atoms with Crippen LogP contribution in [0.15, 0.2) is 47.5 Å². The maximum absolute atomic E-state index is 11.9. The number of benzene rings is 1. The van der Waals surface area contributed by atoms with Crippen molar-refractivity contribution in [2.75, 3.05) is 5.33 Å². The molecule has 0 spiro atoms. The van der Waals surface area contributed by atoms with Gasteiger partial charge in [0.1, 0.15) is 6.33 Å². The van der Waals surface area contributed by atoms with E-state index in [0.717, 1.165) is 35.6 Å². The first-order chi connectivity index (χ1) is 10.8. The van der Waals surface area contributed by atoms with Crippen LogP contribution in [0.4, 0.5) is 0 Å². The van der Waals surface area contributed by atoms with Crippen molar-refractivity contribution in [1.29, 1.82) is 0 Å². The summed E-state index contributed by atoms with van der Waals surface area (Å²) in [5.74, 6) is 0.716. The third kappa shape index (κ3) is 3.11. The highest BCUT2D eigenvalue weighted by Gasteiger charge is 2.07. The highest BCUT2D eigenvalue weighted by atomic mass is 79.9. The molecule has 0 saturated heterocycles. The summed E-state index contributed by atoms with van der Waals surface area (Å²) < 4.78 is 3.45. The first-order valence-electron chi connectivity index (χ1n) is 7.36. The fraction of sp³-hybridized carbons (Fsp3) is 0.312. The Labute approximate surface area is 136 Å². The van der Waals surface area contributed by atoms with Crippen LogP contribution in [0, 0.1) is 0 Å². The number of hydrogen-bond donors (Lipinski definition) is 0. The van der Waals surface area contributed by atoms with Crippen molar-refractivity contribution in [3.63, 3.8) is 0 Å². The Bertz CT molecular complexity index is 824. The summed E-state index contributed by atoms with van der Waals surface area (Å²) in [5, 5.41) is 5.47. The van der Waals surface area contributed by atoms with Crippen LogP contribution in [-0.2, 0) is 6.54 Å². The van der Waals surface area contributed by atoms with Crippen molar-refractivity contribution >= 4 is 27.0 Å². The van der Waals surface area contributed by atoms with Crippen LogP contribution in [0.1, 0.15) is 19.3 Å². The number of nitrogens with zero attached hydrogens (tertiary/aromatic N) is 4. The van der Waals surface area contributed by atoms with Gasteiger partial charge in [0.05, 0.1) is 11.0 Å². The molecule has 2 aromatic heterocycles. The van der Waals surface area contributed by atoms with E-state index in [1.807, 2.05) is 28.8 Å². The Kier molecular flexibility index (Phi) is 4.68. The molecular formula is C16H17BrN4O. The molecule has 0 saturated carbocycles. The van der Waals surface area contributed by atoms with Gasteiger partial charge in [-0.25, -0.2) is 9.67 Å². The highest BCUT2D eigenvalue weighted by molar-refractivity contribution is 9.09. The van der Waals surface area contributed by atoms with Crippen molar-refractivity contribution in [2.45, 2.75) is 25.8 Å². The fourth-order valence-corrected chi connectivity index (χ4v) is 2.80. The third-order valence-electron chi connectivity index (χ3n) is 3.56. The van der Waals surface area contributed by atoms with Crippen molar-refractivity contribution in [2.24, 2.45) is 0 Å². The molecule has 0 N–H and O–H groups in total. The summed E-state index contributed by atoms with van der Waals surface area (Å²) in [7, 11) is 0. The fourth-order valence-electron chi connectivity index (χ4n) is 2.40. The number of fused-ring (bicyclic) bond motifs is 1. The highest BCUT2D eigenvalue weighted by Crippen LogP contribution is 2.15. The van der Waals surface area contributed by atoms with E-state index in [9.17, 15) is 4.79 Å². The number of aryl methyl sites for hydroxylation is 1. The summed E-state index contributed by atoms with van der Waals surface area (Å²) in [4.78, 5) is 16.3. The van der Waals surface area contributed by atoms with E-state index in [1.54, 1.807) is 23.1 Å². The lowest BCUT2D eigenvalue weighted by molar-refractivity contribution is 0.526. The zero-order valence-corrected chi connectivity index (χ0v) is 13.7. The van der Waals surface area contributed by atoms with Crippen LogP contribution < -0.4 is 5.56 Å². The summed E-state index contributed by atoms with van der Waals surface area (Å²) in [6.45, 7) is 0.645. The van der Waals surface area contributed by atoms with E-state index in [4.69, 9.17) is 0 Å². The molecule has 6 heteroatoms. The molecule has 5 nitrogen and oxygen atoms in total. The minimum absolute atomic E-state index is 0.0630. The van der Waals surface area contributed by atoms with Gasteiger partial charge in [-0.15, -0.1) is 0 Å². The standard InChI is InChI=1S/C16H17BrN4O/c17-10-4-1-5-11-21-16(22)9-8-15(19-21)20-12-18-13-6-2-3-7-14(13)20/h2-3,6-9,12H,1,4-5,10-11H2. The van der Waals surface area contributed by atoms with Crippen LogP contribution in [0.2, 0.25) is 0 Å². The van der Waals surface area contributed by atoms with Gasteiger partial charge in [-0.2, -0.15) is 5.10 Å². The molecule has 0 radical (unpaired) electrons. The number of halogens is 1. The Hall–Kier alpha value is -1.95. The molecule has 22 heavy (non-hydrogen) atoms. The lowest BCUT2D eigenvalue weighted by atomic mass is 10.2. The van der Waals surface area contributed by atoms with Crippen LogP contribution in [0.25, 0.3) is 16.9 Å². The van der Waals surface area contributed by atoms with Gasteiger partial charge in [0.2, 0.25) is 0 Å². The quantitative estimate of drug-likeness (QED) is 0.501. The van der Waals surface area contributed by atoms with Gasteiger partial charge in [0.25, 0.3) is 5.56 Å². The predicted octanol–water partition coefficient (Wildman–Crippen LogP) is 3.15. The lowest BCUT2D eigenvalue weighted by Gasteiger charge is -2.08. The minimum atomic E-state index is -0.0630. The second kappa shape index (κ2) is 6.87. The first kappa shape index (κ1) is 15.0. The molecule has 1 aromatic carbocycles. The summed E-state index contributed by atoms with van der Waals surface area (Å²) in [6.07, 6.45) is 4.89. The van der Waals surface area contributed by atoms with Crippen molar-refractivity contribution in [3.05, 3.63) is 53.1 Å². The molecular weight excluding hydrogens is 344 g/mol. The van der Waals surface area contributed by atoms with E-state index in [0.29, 0.717) is 12.4 Å². The van der Waals surface area contributed by atoms with Gasteiger partial charge in [0, 0.05) is 17.9 Å². The molecule has 2 heterocycles. The molecule has 0 bridgehead atoms. The molecule has 0 atom stereocenters. The third-order valence-corrected chi connectivity index (χ3v) is 4.12. The second-order valence-corrected chi connectivity index (χ2v) is 5.90. The largest absolute Gasteiger partial charge is 0.281 e. The van der Waals surface area contributed by atoms with Gasteiger partial charge in [-0.05, 0) is 31.0 Å². The average Bonchev–Trinajstić information content (AvgIpc) is 2.97. The Morgan fingerprint density at radius 3 is 2.77 bits per heavy atom. The molecule has 3 aromatic rings. The monoisotopic (exact) mass is 360 g/mol. The van der Waals surface area contributed by atoms with Crippen molar-refractivity contribution < 1.29 is 0 Å². The van der Waals surface area contributed by atoms with E-state index >= 15 is 0 Å². The Balaban J connectivity index is 1.90. The normalized spacial score (nSPS) is 11.1. The minimum Gasteiger partial charge on any atom is -0.281 e. The number of para-hydroxylation sites is 2. The number of imidazole rings is 1. The number of rotatable bonds is 6. The predicted molar refractivity (Wildman–Crippen MR) is 90.8 cm³/mol. The van der Waals surface area contributed by atoms with Gasteiger partial charge >= 0.3 is 0 Å². The summed E-state index contributed by atoms with van der Waals surface area (Å²) >= 11 is 3.42. The Morgan fingerprint density at radius 2 is 1.91 bits per heavy atom. The topological polar surface area (TPSA) is 52.7 Å². The van der Waals surface area contributed by atoms with E-state index in [1.165, 1.54) is 0 Å². The van der Waals surface area contributed by atoms with Crippen molar-refractivity contribution in [1.82, 2.24) is 19.3 Å². The number of hydrogen-bond acceptors (Lipinski definition) is 3. The first-order valence-corrected chi connectivity index (χ1v) is 8.48. The number of unbranched alkanes of at least 4 members (excludes halogenated alkanes) is 2. The molecule has 0 fully saturated rings. The molecule has 0 amide bonds. The van der Waals surface area contributed by atoms with E-state index in [-0.39, 0.29) is 5.56 Å². The summed E-state index contributed by atoms with van der Waals surface area (Å²) in [6, 6.07) is 11.2. The smallest absolute Gasteiger partial charge is 0.266 e. The SMILES string of the molecule is O=c1ccc(-n2cnc3ccccc32)nn1CCCCCBr. The van der Waals surface area contributed by atoms with Crippen molar-refractivity contribution in [3.8, 4) is 5.82 Å². The lowest BCUT2D eigenvalue weighted by Crippen LogP contribution is -2.23. The molecule has 0 aliphatic heterocycles. The molecule has 0 unspecified atom stereocenters. The zero-order chi connectivity index (χ0) is 15.4. The van der Waals surface area contributed by atoms with E-state index < -0.39 is 0 Å². The van der Waals surface area contributed by atoms with Crippen LogP contribution in [0.3, 0.4) is 0 Å². The van der Waals surface area contributed by atoms with Gasteiger partial charge in [0.15, 0.2) is 5.82 Å². The van der Waals surface area contributed by atoms with Crippen LogP contribution in [0.5, 0.6) is 0 Å². The molecule has 0 aliphatic rings. The number of aromatic nitrogens is 4. The Morgan fingerprint density at radius 1 is 1.05 bits per heavy atom. The second-order valence-electron chi connectivity index (χ2n) is 5.11. The van der Waals surface area contributed by atoms with E-state index in [2.05, 4.69) is 26.0 Å². The maximum atomic E-state index is 11.9. The molecule has 114 valence electrons. The van der Waals surface area contributed by atoms with Gasteiger partial charge < -0.3 is 0 Å². The number of alkyl halides is 1. The average molecular weight is 361 g/mol. The van der Waals surface area contributed by atoms with Gasteiger partial charge in [-0.3, -0.25) is 9.36 Å². The van der Waals surface area contributed by atoms with Crippen LogP contribution in [-0.4, -0.2) is 24.7 Å². The summed E-state index contributed by atoms with van der Waals surface area (Å²) in [5.41, 5.74) is 1.84. The maximum Gasteiger partial charge on any atom is 0.266 e. The zero-order valence-electron chi connectivity index (χ0n) is 12.2. The molecule has 3 rings (SSSR count). The van der Waals surface area contributed by atoms with Crippen LogP contribution >= 0.6 is 15.9 Å².